The summed E-state index contributed by atoms with van der Waals surface area (Å²) < 4.78 is 47.5. The normalized spacial score (nSPS) is 14.5. The summed E-state index contributed by atoms with van der Waals surface area (Å²) in [5, 5.41) is 7.13. The van der Waals surface area contributed by atoms with Crippen LogP contribution in [0.3, 0.4) is 0 Å². The van der Waals surface area contributed by atoms with Crippen molar-refractivity contribution in [2.24, 2.45) is 5.92 Å². The Kier molecular flexibility index (Phi) is 12.5. The number of aryl methyl sites for hydroxylation is 1. The van der Waals surface area contributed by atoms with E-state index in [1.165, 1.54) is 6.07 Å². The number of hydrogen-bond acceptors (Lipinski definition) is 7. The molecule has 234 valence electrons. The predicted molar refractivity (Wildman–Crippen MR) is 165 cm³/mol. The number of hydrogen-bond donors (Lipinski definition) is 1. The summed E-state index contributed by atoms with van der Waals surface area (Å²) >= 11 is 0. The molecule has 0 aliphatic carbocycles. The topological polar surface area (TPSA) is 82.3 Å². The molecule has 0 fully saturated rings. The van der Waals surface area contributed by atoms with Gasteiger partial charge in [-0.25, -0.2) is 8.78 Å². The van der Waals surface area contributed by atoms with E-state index in [0.717, 1.165) is 31.2 Å². The number of ether oxygens (including phenoxy) is 2. The fourth-order valence-electron chi connectivity index (χ4n) is 5.25. The lowest BCUT2D eigenvalue weighted by Crippen LogP contribution is -2.28. The van der Waals surface area contributed by atoms with E-state index in [2.05, 4.69) is 33.3 Å². The minimum absolute atomic E-state index is 0.0776. The van der Waals surface area contributed by atoms with Gasteiger partial charge in [-0.3, -0.25) is 0 Å². The van der Waals surface area contributed by atoms with Crippen molar-refractivity contribution in [1.29, 1.82) is 0 Å². The Morgan fingerprint density at radius 2 is 1.84 bits per heavy atom. The highest BCUT2D eigenvalue weighted by Crippen LogP contribution is 2.37. The maximum absolute atomic E-state index is 14.9. The molecule has 0 bridgehead atoms. The Hall–Kier alpha value is -3.51. The maximum atomic E-state index is 14.9. The van der Waals surface area contributed by atoms with Crippen molar-refractivity contribution >= 4 is 0 Å². The third-order valence-corrected chi connectivity index (χ3v) is 7.79. The molecular formula is C34H46F2N4O3. The smallest absolute Gasteiger partial charge is 0.221 e. The highest BCUT2D eigenvalue weighted by atomic mass is 19.1. The molecule has 9 heteroatoms. The molecule has 0 aliphatic heterocycles. The largest absolute Gasteiger partial charge is 0.474 e. The first-order valence-electron chi connectivity index (χ1n) is 15.2. The summed E-state index contributed by atoms with van der Waals surface area (Å²) in [6.07, 6.45) is 8.46. The van der Waals surface area contributed by atoms with Crippen molar-refractivity contribution in [3.05, 3.63) is 53.0 Å². The number of terminal acetylenes is 1. The predicted octanol–water partition coefficient (Wildman–Crippen LogP) is 7.61. The second-order valence-corrected chi connectivity index (χ2v) is 11.8. The molecule has 2 aromatic heterocycles. The highest BCUT2D eigenvalue weighted by Gasteiger charge is 2.33. The second kappa shape index (κ2) is 15.8. The van der Waals surface area contributed by atoms with Crippen LogP contribution in [0.15, 0.2) is 34.9 Å². The van der Waals surface area contributed by atoms with Gasteiger partial charge in [0.25, 0.3) is 0 Å². The van der Waals surface area contributed by atoms with Gasteiger partial charge >= 0.3 is 0 Å². The minimum atomic E-state index is -0.987. The fraction of sp³-hybridized carbons (Fsp3) is 0.559. The van der Waals surface area contributed by atoms with E-state index < -0.39 is 11.6 Å². The van der Waals surface area contributed by atoms with E-state index in [4.69, 9.17) is 20.4 Å². The molecule has 0 saturated carbocycles. The Morgan fingerprint density at radius 1 is 1.12 bits per heavy atom. The molecule has 0 unspecified atom stereocenters. The number of benzene rings is 1. The minimum Gasteiger partial charge on any atom is -0.474 e. The number of nitrogens with zero attached hydrogens (tertiary/aromatic N) is 3. The number of unbranched alkanes of at least 4 members (excludes halogenated alkanes) is 1. The van der Waals surface area contributed by atoms with Crippen LogP contribution in [0.4, 0.5) is 8.78 Å². The molecule has 4 atom stereocenters. The van der Waals surface area contributed by atoms with Gasteiger partial charge in [-0.1, -0.05) is 37.6 Å². The summed E-state index contributed by atoms with van der Waals surface area (Å²) in [5.41, 5.74) is 0.898. The van der Waals surface area contributed by atoms with Gasteiger partial charge in [-0.15, -0.1) is 12.3 Å². The van der Waals surface area contributed by atoms with Crippen LogP contribution < -0.4 is 14.8 Å². The zero-order valence-electron chi connectivity index (χ0n) is 26.5. The Morgan fingerprint density at radius 3 is 2.49 bits per heavy atom. The number of alkyl halides is 1. The molecule has 0 amide bonds. The van der Waals surface area contributed by atoms with Crippen molar-refractivity contribution < 1.29 is 22.8 Å². The first kappa shape index (κ1) is 34.0. The summed E-state index contributed by atoms with van der Waals surface area (Å²) in [5.74, 6) is 3.63. The van der Waals surface area contributed by atoms with E-state index in [9.17, 15) is 8.78 Å². The van der Waals surface area contributed by atoms with E-state index >= 15 is 0 Å². The summed E-state index contributed by atoms with van der Waals surface area (Å²) in [6, 6.07) is 8.38. The van der Waals surface area contributed by atoms with Crippen LogP contribution in [0.25, 0.3) is 11.5 Å². The molecular weight excluding hydrogens is 550 g/mol. The van der Waals surface area contributed by atoms with Gasteiger partial charge in [0.2, 0.25) is 11.8 Å². The van der Waals surface area contributed by atoms with Gasteiger partial charge in [-0.05, 0) is 78.0 Å². The van der Waals surface area contributed by atoms with Gasteiger partial charge in [0, 0.05) is 24.6 Å². The van der Waals surface area contributed by atoms with Crippen molar-refractivity contribution in [2.75, 3.05) is 13.6 Å². The van der Waals surface area contributed by atoms with Crippen LogP contribution in [0, 0.1) is 31.0 Å². The summed E-state index contributed by atoms with van der Waals surface area (Å²) in [7, 11) is 1.73. The zero-order chi connectivity index (χ0) is 31.6. The highest BCUT2D eigenvalue weighted by molar-refractivity contribution is 5.53. The Labute approximate surface area is 255 Å². The Balaban J connectivity index is 1.96. The lowest BCUT2D eigenvalue weighted by Gasteiger charge is -2.24. The molecule has 3 aromatic rings. The quantitative estimate of drug-likeness (QED) is 0.127. The number of nitrogens with one attached hydrogen (secondary N) is 1. The first-order chi connectivity index (χ1) is 20.5. The molecule has 1 aromatic carbocycles. The van der Waals surface area contributed by atoms with E-state index in [0.29, 0.717) is 35.7 Å². The molecule has 1 N–H and O–H groups in total. The third kappa shape index (κ3) is 9.24. The van der Waals surface area contributed by atoms with Crippen LogP contribution in [-0.4, -0.2) is 47.1 Å². The zero-order valence-corrected chi connectivity index (χ0v) is 26.5. The van der Waals surface area contributed by atoms with Gasteiger partial charge in [0.05, 0.1) is 11.5 Å². The molecule has 43 heavy (non-hydrogen) atoms. The average Bonchev–Trinajstić information content (AvgIpc) is 3.45. The first-order valence-corrected chi connectivity index (χ1v) is 15.2. The van der Waals surface area contributed by atoms with Crippen molar-refractivity contribution in [1.82, 2.24) is 20.4 Å². The van der Waals surface area contributed by atoms with Crippen LogP contribution in [-0.2, 0) is 5.41 Å². The van der Waals surface area contributed by atoms with E-state index in [1.54, 1.807) is 25.2 Å². The number of aromatic nitrogens is 3. The molecule has 0 spiro atoms. The maximum Gasteiger partial charge on any atom is 0.221 e. The van der Waals surface area contributed by atoms with Crippen molar-refractivity contribution in [3.63, 3.8) is 0 Å². The number of rotatable bonds is 17. The van der Waals surface area contributed by atoms with Gasteiger partial charge < -0.3 is 19.3 Å². The van der Waals surface area contributed by atoms with Crippen LogP contribution in [0.1, 0.15) is 90.0 Å². The van der Waals surface area contributed by atoms with E-state index in [1.807, 2.05) is 40.7 Å². The second-order valence-electron chi connectivity index (χ2n) is 11.8. The monoisotopic (exact) mass is 596 g/mol. The molecule has 3 rings (SSSR count). The lowest BCUT2D eigenvalue weighted by atomic mass is 9.79. The third-order valence-electron chi connectivity index (χ3n) is 7.79. The summed E-state index contributed by atoms with van der Waals surface area (Å²) in [4.78, 5) is 9.29. The van der Waals surface area contributed by atoms with Crippen molar-refractivity contribution in [2.45, 2.75) is 104 Å². The molecule has 0 saturated heterocycles. The van der Waals surface area contributed by atoms with Crippen LogP contribution in [0.5, 0.6) is 11.8 Å². The van der Waals surface area contributed by atoms with Crippen LogP contribution >= 0.6 is 0 Å². The molecule has 2 heterocycles. The molecule has 0 aliphatic rings. The fourth-order valence-corrected chi connectivity index (χ4v) is 5.25. The molecule has 7 nitrogen and oxygen atoms in total. The van der Waals surface area contributed by atoms with Gasteiger partial charge in [0.1, 0.15) is 30.0 Å². The van der Waals surface area contributed by atoms with Gasteiger partial charge in [-0.2, -0.15) is 9.97 Å². The molecule has 0 radical (unpaired) electrons. The summed E-state index contributed by atoms with van der Waals surface area (Å²) in [6.45, 7) is 11.9. The Bertz CT molecular complexity index is 1330. The SMILES string of the molecule is C#CCCC[C@H](CCC)Oc1cc(O[C@@H](C)[C@@H](C)C[C@@H](F)CNC)nc(-c2cc(C(C)(C)c3c(C)cccc3F)on2)n1. The van der Waals surface area contributed by atoms with Crippen molar-refractivity contribution in [3.8, 4) is 35.6 Å². The number of halogens is 2. The average molecular weight is 597 g/mol. The standard InChI is InChI=1S/C34H46F2N4O3/c1-9-11-12-16-26(14-10-2)42-31-20-30(41-24(5)23(4)18-25(35)21-37-8)38-33(39-31)28-19-29(43-40-28)34(6,7)32-22(3)15-13-17-27(32)36/h1,13,15,17,19-20,23-26,37H,10-12,14,16,18,21H2,2-8H3/t23-,24-,25+,26-/m0/s1. The lowest BCUT2D eigenvalue weighted by molar-refractivity contribution is 0.124. The van der Waals surface area contributed by atoms with E-state index in [-0.39, 0.29) is 42.2 Å². The van der Waals surface area contributed by atoms with Gasteiger partial charge in [0.15, 0.2) is 11.5 Å². The van der Waals surface area contributed by atoms with Crippen LogP contribution in [0.2, 0.25) is 0 Å².